The van der Waals surface area contributed by atoms with Gasteiger partial charge in [-0.15, -0.1) is 11.8 Å². The van der Waals surface area contributed by atoms with Crippen LogP contribution in [0.4, 0.5) is 0 Å². The highest BCUT2D eigenvalue weighted by atomic mass is 32.2. The lowest BCUT2D eigenvalue weighted by Crippen LogP contribution is -2.02. The molecule has 0 atom stereocenters. The van der Waals surface area contributed by atoms with Gasteiger partial charge >= 0.3 is 0 Å². The Kier molecular flexibility index (Phi) is 2.01. The first-order valence-corrected chi connectivity index (χ1v) is 3.78. The van der Waals surface area contributed by atoms with Gasteiger partial charge in [0.15, 0.2) is 0 Å². The minimum atomic E-state index is 0.851. The van der Waals surface area contributed by atoms with E-state index in [-0.39, 0.29) is 0 Å². The van der Waals surface area contributed by atoms with Gasteiger partial charge in [0.2, 0.25) is 0 Å². The van der Waals surface area contributed by atoms with Crippen molar-refractivity contribution in [3.05, 3.63) is 35.4 Å². The smallest absolute Gasteiger partial charge is 0.0360 e. The van der Waals surface area contributed by atoms with Gasteiger partial charge in [0, 0.05) is 11.4 Å². The Labute approximate surface area is 59.3 Å². The van der Waals surface area contributed by atoms with Crippen molar-refractivity contribution in [3.8, 4) is 0 Å². The molecule has 48 valence electrons. The highest BCUT2D eigenvalue weighted by molar-refractivity contribution is 8.02. The van der Waals surface area contributed by atoms with Crippen molar-refractivity contribution in [2.24, 2.45) is 5.73 Å². The van der Waals surface area contributed by atoms with E-state index in [4.69, 9.17) is 5.73 Å². The van der Waals surface area contributed by atoms with Crippen LogP contribution in [0.15, 0.2) is 35.4 Å². The molecule has 2 heteroatoms. The summed E-state index contributed by atoms with van der Waals surface area (Å²) in [4.78, 5) is 0. The average molecular weight is 139 g/mol. The lowest BCUT2D eigenvalue weighted by atomic mass is 10.2. The predicted octanol–water partition coefficient (Wildman–Crippen LogP) is 1.65. The Morgan fingerprint density at radius 3 is 3.00 bits per heavy atom. The van der Waals surface area contributed by atoms with E-state index >= 15 is 0 Å². The molecular weight excluding hydrogens is 130 g/mol. The van der Waals surface area contributed by atoms with Gasteiger partial charge < -0.3 is 5.73 Å². The summed E-state index contributed by atoms with van der Waals surface area (Å²) in [7, 11) is 0. The summed E-state index contributed by atoms with van der Waals surface area (Å²) in [6.07, 6.45) is 3.72. The molecule has 0 saturated carbocycles. The minimum Gasteiger partial charge on any atom is -0.398 e. The lowest BCUT2D eigenvalue weighted by molar-refractivity contribution is 1.33. The van der Waals surface area contributed by atoms with E-state index in [0.717, 1.165) is 17.0 Å². The number of hydrogen-bond acceptors (Lipinski definition) is 2. The molecule has 0 saturated heterocycles. The summed E-state index contributed by atoms with van der Waals surface area (Å²) >= 11 is 1.74. The molecule has 1 heterocycles. The first kappa shape index (κ1) is 6.49. The zero-order valence-corrected chi connectivity index (χ0v) is 5.95. The lowest BCUT2D eigenvalue weighted by Gasteiger charge is -2.06. The van der Waals surface area contributed by atoms with E-state index < -0.39 is 0 Å². The molecule has 0 unspecified atom stereocenters. The van der Waals surface area contributed by atoms with E-state index in [1.165, 1.54) is 0 Å². The van der Waals surface area contributed by atoms with Crippen LogP contribution < -0.4 is 5.73 Å². The molecule has 0 aliphatic carbocycles. The first-order chi connectivity index (χ1) is 4.34. The average Bonchev–Trinajstić information content (AvgIpc) is 1.89. The van der Waals surface area contributed by atoms with Crippen molar-refractivity contribution in [2.45, 2.75) is 0 Å². The minimum absolute atomic E-state index is 0.851. The van der Waals surface area contributed by atoms with Crippen molar-refractivity contribution in [2.75, 3.05) is 5.75 Å². The quantitative estimate of drug-likeness (QED) is 0.597. The van der Waals surface area contributed by atoms with E-state index in [9.17, 15) is 0 Å². The normalized spacial score (nSPS) is 18.2. The summed E-state index contributed by atoms with van der Waals surface area (Å²) in [6.45, 7) is 3.65. The molecule has 1 aliphatic rings. The standard InChI is InChI=1S/C7H9NS/c1-2-6-5-9-4-3-7(6)8/h2-4H,1,5,8H2. The topological polar surface area (TPSA) is 26.0 Å². The molecule has 0 radical (unpaired) electrons. The molecule has 2 N–H and O–H groups in total. The van der Waals surface area contributed by atoms with Gasteiger partial charge in [0.1, 0.15) is 0 Å². The van der Waals surface area contributed by atoms with E-state index in [0.29, 0.717) is 0 Å². The molecule has 1 aliphatic heterocycles. The van der Waals surface area contributed by atoms with E-state index in [2.05, 4.69) is 6.58 Å². The maximum absolute atomic E-state index is 5.60. The fraction of sp³-hybridized carbons (Fsp3) is 0.143. The molecular formula is C7H9NS. The number of allylic oxidation sites excluding steroid dienone is 2. The monoisotopic (exact) mass is 139 g/mol. The van der Waals surface area contributed by atoms with Crippen molar-refractivity contribution < 1.29 is 0 Å². The summed E-state index contributed by atoms with van der Waals surface area (Å²) in [6, 6.07) is 0. The number of rotatable bonds is 1. The molecule has 0 amide bonds. The Hall–Kier alpha value is -0.630. The number of hydrogen-bond donors (Lipinski definition) is 1. The van der Waals surface area contributed by atoms with Crippen LogP contribution in [0.5, 0.6) is 0 Å². The van der Waals surface area contributed by atoms with Crippen molar-refractivity contribution in [1.29, 1.82) is 0 Å². The van der Waals surface area contributed by atoms with Crippen LogP contribution in [0.3, 0.4) is 0 Å². The zero-order chi connectivity index (χ0) is 6.69. The van der Waals surface area contributed by atoms with Crippen LogP contribution in [0.25, 0.3) is 0 Å². The van der Waals surface area contributed by atoms with Gasteiger partial charge in [-0.25, -0.2) is 0 Å². The first-order valence-electron chi connectivity index (χ1n) is 2.74. The predicted molar refractivity (Wildman–Crippen MR) is 43.0 cm³/mol. The van der Waals surface area contributed by atoms with Gasteiger partial charge in [0.25, 0.3) is 0 Å². The molecule has 9 heavy (non-hydrogen) atoms. The molecule has 1 rings (SSSR count). The van der Waals surface area contributed by atoms with Crippen LogP contribution in [-0.4, -0.2) is 5.75 Å². The Morgan fingerprint density at radius 2 is 2.56 bits per heavy atom. The molecule has 0 bridgehead atoms. The van der Waals surface area contributed by atoms with Crippen molar-refractivity contribution in [1.82, 2.24) is 0 Å². The number of thioether (sulfide) groups is 1. The molecule has 0 aromatic rings. The third-order valence-corrected chi connectivity index (χ3v) is 2.01. The molecule has 0 aromatic heterocycles. The molecule has 0 fully saturated rings. The van der Waals surface area contributed by atoms with Gasteiger partial charge in [-0.1, -0.05) is 12.7 Å². The van der Waals surface area contributed by atoms with Crippen LogP contribution in [0.1, 0.15) is 0 Å². The maximum Gasteiger partial charge on any atom is 0.0360 e. The maximum atomic E-state index is 5.60. The van der Waals surface area contributed by atoms with E-state index in [1.54, 1.807) is 11.8 Å². The van der Waals surface area contributed by atoms with E-state index in [1.807, 2.05) is 17.6 Å². The zero-order valence-electron chi connectivity index (χ0n) is 5.13. The van der Waals surface area contributed by atoms with Crippen LogP contribution in [0, 0.1) is 0 Å². The van der Waals surface area contributed by atoms with Crippen LogP contribution in [0.2, 0.25) is 0 Å². The summed E-state index contributed by atoms with van der Waals surface area (Å²) in [5.74, 6) is 0.964. The Bertz CT molecular complexity index is 179. The summed E-state index contributed by atoms with van der Waals surface area (Å²) < 4.78 is 0. The van der Waals surface area contributed by atoms with Gasteiger partial charge in [0.05, 0.1) is 0 Å². The van der Waals surface area contributed by atoms with Gasteiger partial charge in [-0.2, -0.15) is 0 Å². The SMILES string of the molecule is C=CC1=C(N)C=CSC1. The fourth-order valence-electron chi connectivity index (χ4n) is 0.626. The second-order valence-corrected chi connectivity index (χ2v) is 2.69. The molecule has 0 aromatic carbocycles. The second kappa shape index (κ2) is 2.78. The largest absolute Gasteiger partial charge is 0.398 e. The molecule has 1 nitrogen and oxygen atoms in total. The Morgan fingerprint density at radius 1 is 1.78 bits per heavy atom. The van der Waals surface area contributed by atoms with Crippen LogP contribution >= 0.6 is 11.8 Å². The molecule has 0 spiro atoms. The Balaban J connectivity index is 2.84. The van der Waals surface area contributed by atoms with Crippen molar-refractivity contribution in [3.63, 3.8) is 0 Å². The van der Waals surface area contributed by atoms with Crippen LogP contribution in [-0.2, 0) is 0 Å². The number of nitrogens with two attached hydrogens (primary N) is 1. The third-order valence-electron chi connectivity index (χ3n) is 1.20. The third kappa shape index (κ3) is 1.39. The van der Waals surface area contributed by atoms with Gasteiger partial charge in [-0.05, 0) is 17.1 Å². The summed E-state index contributed by atoms with van der Waals surface area (Å²) in [5.41, 5.74) is 7.59. The highest BCUT2D eigenvalue weighted by Crippen LogP contribution is 2.18. The highest BCUT2D eigenvalue weighted by Gasteiger charge is 1.99. The fourth-order valence-corrected chi connectivity index (χ4v) is 1.43. The summed E-state index contributed by atoms with van der Waals surface area (Å²) in [5, 5.41) is 2.00. The second-order valence-electron chi connectivity index (χ2n) is 1.80. The van der Waals surface area contributed by atoms with Gasteiger partial charge in [-0.3, -0.25) is 0 Å². The van der Waals surface area contributed by atoms with Crippen molar-refractivity contribution >= 4 is 11.8 Å².